The Morgan fingerprint density at radius 1 is 1.12 bits per heavy atom. The van der Waals surface area contributed by atoms with Crippen molar-refractivity contribution in [2.24, 2.45) is 0 Å². The zero-order valence-corrected chi connectivity index (χ0v) is 12.9. The van der Waals surface area contributed by atoms with E-state index < -0.39 is 29.5 Å². The SMILES string of the molecule is Cc1ccc(C(=O)NCC(O)COc2ccc(F)c(F)c2)cc1F. The molecule has 1 atom stereocenters. The minimum absolute atomic E-state index is 0.0554. The van der Waals surface area contributed by atoms with Crippen LogP contribution in [0.1, 0.15) is 15.9 Å². The fourth-order valence-corrected chi connectivity index (χ4v) is 1.86. The second-order valence-corrected chi connectivity index (χ2v) is 5.21. The molecule has 0 radical (unpaired) electrons. The molecule has 0 fully saturated rings. The van der Waals surface area contributed by atoms with Crippen molar-refractivity contribution in [1.82, 2.24) is 5.32 Å². The number of amides is 1. The van der Waals surface area contributed by atoms with Crippen LogP contribution in [0.4, 0.5) is 13.2 Å². The molecular weight excluding hydrogens is 323 g/mol. The van der Waals surface area contributed by atoms with Crippen molar-refractivity contribution in [1.29, 1.82) is 0 Å². The highest BCUT2D eigenvalue weighted by molar-refractivity contribution is 5.94. The van der Waals surface area contributed by atoms with Gasteiger partial charge in [-0.3, -0.25) is 4.79 Å². The molecule has 1 unspecified atom stereocenters. The maximum absolute atomic E-state index is 13.4. The van der Waals surface area contributed by atoms with Crippen molar-refractivity contribution in [3.8, 4) is 5.75 Å². The fourth-order valence-electron chi connectivity index (χ4n) is 1.86. The van der Waals surface area contributed by atoms with E-state index in [9.17, 15) is 23.1 Å². The van der Waals surface area contributed by atoms with Crippen LogP contribution in [0.3, 0.4) is 0 Å². The number of benzene rings is 2. The molecule has 0 bridgehead atoms. The molecule has 2 rings (SSSR count). The monoisotopic (exact) mass is 339 g/mol. The van der Waals surface area contributed by atoms with E-state index in [-0.39, 0.29) is 24.5 Å². The Kier molecular flexibility index (Phi) is 5.81. The number of halogens is 3. The second kappa shape index (κ2) is 7.83. The van der Waals surface area contributed by atoms with Crippen molar-refractivity contribution in [3.05, 3.63) is 65.0 Å². The van der Waals surface area contributed by atoms with Crippen LogP contribution in [0, 0.1) is 24.4 Å². The number of hydrogen-bond acceptors (Lipinski definition) is 3. The van der Waals surface area contributed by atoms with Gasteiger partial charge in [0.2, 0.25) is 0 Å². The van der Waals surface area contributed by atoms with Crippen molar-refractivity contribution in [2.45, 2.75) is 13.0 Å². The Balaban J connectivity index is 1.81. The Morgan fingerprint density at radius 3 is 2.54 bits per heavy atom. The number of aliphatic hydroxyl groups is 1. The third-order valence-electron chi connectivity index (χ3n) is 3.27. The first-order valence-electron chi connectivity index (χ1n) is 7.17. The summed E-state index contributed by atoms with van der Waals surface area (Å²) < 4.78 is 44.3. The Hall–Kier alpha value is -2.54. The highest BCUT2D eigenvalue weighted by Gasteiger charge is 2.12. The standard InChI is InChI=1S/C17H16F3NO3/c1-10-2-3-11(6-15(10)19)17(23)21-8-12(22)9-24-13-4-5-14(18)16(20)7-13/h2-7,12,22H,8-9H2,1H3,(H,21,23). The van der Waals surface area contributed by atoms with E-state index in [2.05, 4.69) is 5.32 Å². The molecule has 24 heavy (non-hydrogen) atoms. The van der Waals surface area contributed by atoms with E-state index >= 15 is 0 Å². The number of aryl methyl sites for hydroxylation is 1. The van der Waals surface area contributed by atoms with E-state index in [1.165, 1.54) is 18.2 Å². The molecule has 2 aromatic rings. The summed E-state index contributed by atoms with van der Waals surface area (Å²) in [6, 6.07) is 7.04. The van der Waals surface area contributed by atoms with Crippen LogP contribution < -0.4 is 10.1 Å². The van der Waals surface area contributed by atoms with Crippen LogP contribution in [-0.4, -0.2) is 30.3 Å². The van der Waals surface area contributed by atoms with Crippen molar-refractivity contribution in [3.63, 3.8) is 0 Å². The van der Waals surface area contributed by atoms with Gasteiger partial charge in [0.15, 0.2) is 11.6 Å². The van der Waals surface area contributed by atoms with Gasteiger partial charge >= 0.3 is 0 Å². The molecule has 1 amide bonds. The maximum atomic E-state index is 13.4. The van der Waals surface area contributed by atoms with Crippen molar-refractivity contribution in [2.75, 3.05) is 13.2 Å². The third kappa shape index (κ3) is 4.73. The predicted octanol–water partition coefficient (Wildman–Crippen LogP) is 2.58. The summed E-state index contributed by atoms with van der Waals surface area (Å²) in [6.45, 7) is 1.21. The predicted molar refractivity (Wildman–Crippen MR) is 81.3 cm³/mol. The van der Waals surface area contributed by atoms with Gasteiger partial charge in [-0.05, 0) is 36.8 Å². The molecule has 0 aliphatic rings. The average Bonchev–Trinajstić information content (AvgIpc) is 2.56. The fraction of sp³-hybridized carbons (Fsp3) is 0.235. The number of carbonyl (C=O) groups excluding carboxylic acids is 1. The lowest BCUT2D eigenvalue weighted by Gasteiger charge is -2.13. The minimum atomic E-state index is -1.07. The smallest absolute Gasteiger partial charge is 0.251 e. The molecule has 0 aromatic heterocycles. The number of nitrogens with one attached hydrogen (secondary N) is 1. The first kappa shape index (κ1) is 17.8. The van der Waals surface area contributed by atoms with Gasteiger partial charge in [-0.25, -0.2) is 13.2 Å². The van der Waals surface area contributed by atoms with Gasteiger partial charge in [0.25, 0.3) is 5.91 Å². The van der Waals surface area contributed by atoms with E-state index in [1.54, 1.807) is 6.92 Å². The van der Waals surface area contributed by atoms with Crippen LogP contribution >= 0.6 is 0 Å². The Labute approximate surface area is 136 Å². The lowest BCUT2D eigenvalue weighted by atomic mass is 10.1. The van der Waals surface area contributed by atoms with Crippen molar-refractivity contribution >= 4 is 5.91 Å². The number of rotatable bonds is 6. The molecule has 0 saturated carbocycles. The molecule has 0 spiro atoms. The van der Waals surface area contributed by atoms with Crippen LogP contribution in [-0.2, 0) is 0 Å². The summed E-state index contributed by atoms with van der Waals surface area (Å²) in [5, 5.41) is 12.2. The number of carbonyl (C=O) groups is 1. The molecule has 0 heterocycles. The summed E-state index contributed by atoms with van der Waals surface area (Å²) in [6.07, 6.45) is -1.07. The zero-order chi connectivity index (χ0) is 17.7. The lowest BCUT2D eigenvalue weighted by molar-refractivity contribution is 0.0843. The lowest BCUT2D eigenvalue weighted by Crippen LogP contribution is -2.35. The van der Waals surface area contributed by atoms with Gasteiger partial charge in [0, 0.05) is 18.2 Å². The zero-order valence-electron chi connectivity index (χ0n) is 12.9. The van der Waals surface area contributed by atoms with Gasteiger partial charge in [-0.2, -0.15) is 0 Å². The molecule has 4 nitrogen and oxygen atoms in total. The van der Waals surface area contributed by atoms with Gasteiger partial charge < -0.3 is 15.2 Å². The van der Waals surface area contributed by atoms with Crippen LogP contribution in [0.2, 0.25) is 0 Å². The first-order valence-corrected chi connectivity index (χ1v) is 7.17. The van der Waals surface area contributed by atoms with Crippen LogP contribution in [0.5, 0.6) is 5.75 Å². The topological polar surface area (TPSA) is 58.6 Å². The van der Waals surface area contributed by atoms with Gasteiger partial charge in [0.1, 0.15) is 24.3 Å². The number of hydrogen-bond donors (Lipinski definition) is 2. The van der Waals surface area contributed by atoms with E-state index in [1.807, 2.05) is 0 Å². The van der Waals surface area contributed by atoms with E-state index in [0.717, 1.165) is 18.2 Å². The van der Waals surface area contributed by atoms with Gasteiger partial charge in [-0.15, -0.1) is 0 Å². The van der Waals surface area contributed by atoms with Crippen LogP contribution in [0.15, 0.2) is 36.4 Å². The summed E-state index contributed by atoms with van der Waals surface area (Å²) in [5.74, 6) is -3.04. The second-order valence-electron chi connectivity index (χ2n) is 5.21. The average molecular weight is 339 g/mol. The Bertz CT molecular complexity index is 737. The highest BCUT2D eigenvalue weighted by atomic mass is 19.2. The molecular formula is C17H16F3NO3. The highest BCUT2D eigenvalue weighted by Crippen LogP contribution is 2.15. The van der Waals surface area contributed by atoms with Crippen molar-refractivity contribution < 1.29 is 27.8 Å². The van der Waals surface area contributed by atoms with Gasteiger partial charge in [0.05, 0.1) is 0 Å². The summed E-state index contributed by atoms with van der Waals surface area (Å²) in [5.41, 5.74) is 0.554. The molecule has 2 aromatic carbocycles. The summed E-state index contributed by atoms with van der Waals surface area (Å²) in [7, 11) is 0. The number of aliphatic hydroxyl groups excluding tert-OH is 1. The molecule has 0 saturated heterocycles. The quantitative estimate of drug-likeness (QED) is 0.850. The largest absolute Gasteiger partial charge is 0.491 e. The minimum Gasteiger partial charge on any atom is -0.491 e. The van der Waals surface area contributed by atoms with Gasteiger partial charge in [-0.1, -0.05) is 6.07 Å². The molecule has 7 heteroatoms. The molecule has 128 valence electrons. The third-order valence-corrected chi connectivity index (χ3v) is 3.27. The van der Waals surface area contributed by atoms with Crippen LogP contribution in [0.25, 0.3) is 0 Å². The van der Waals surface area contributed by atoms with E-state index in [0.29, 0.717) is 5.56 Å². The Morgan fingerprint density at radius 2 is 1.88 bits per heavy atom. The normalized spacial score (nSPS) is 11.9. The summed E-state index contributed by atoms with van der Waals surface area (Å²) >= 11 is 0. The first-order chi connectivity index (χ1) is 11.4. The summed E-state index contributed by atoms with van der Waals surface area (Å²) in [4.78, 5) is 11.8. The molecule has 2 N–H and O–H groups in total. The molecule has 0 aliphatic heterocycles. The molecule has 0 aliphatic carbocycles. The maximum Gasteiger partial charge on any atom is 0.251 e. The number of ether oxygens (including phenoxy) is 1. The van der Waals surface area contributed by atoms with E-state index in [4.69, 9.17) is 4.74 Å².